The van der Waals surface area contributed by atoms with E-state index in [1.54, 1.807) is 7.11 Å². The van der Waals surface area contributed by atoms with Crippen molar-refractivity contribution in [2.45, 2.75) is 18.9 Å². The van der Waals surface area contributed by atoms with E-state index in [1.807, 2.05) is 12.1 Å². The Bertz CT molecular complexity index is 1190. The van der Waals surface area contributed by atoms with Gasteiger partial charge < -0.3 is 23.8 Å². The van der Waals surface area contributed by atoms with Crippen LogP contribution in [0, 0.1) is 5.82 Å². The van der Waals surface area contributed by atoms with Crippen LogP contribution < -0.4 is 14.4 Å². The number of ether oxygens (including phenoxy) is 4. The lowest BCUT2D eigenvalue weighted by Gasteiger charge is -2.36. The molecule has 2 aliphatic rings. The molecule has 2 saturated heterocycles. The smallest absolute Gasteiger partial charge is 0.234 e. The third-order valence-electron chi connectivity index (χ3n) is 6.56. The molecule has 0 atom stereocenters. The fourth-order valence-corrected chi connectivity index (χ4v) is 4.76. The Morgan fingerprint density at radius 2 is 1.86 bits per heavy atom. The average molecular weight is 517 g/mol. The molecule has 10 heteroatoms. The SMILES string of the molecule is COCCN1CCN(c2cc(OC3CCOCC3)c3c(Oc4ccc(F)cc4Cl)ncnc3c2)CC1. The van der Waals surface area contributed by atoms with Gasteiger partial charge >= 0.3 is 0 Å². The van der Waals surface area contributed by atoms with Crippen LogP contribution in [0.1, 0.15) is 12.8 Å². The molecular formula is C26H30ClFN4O4. The Hall–Kier alpha value is -2.72. The zero-order chi connectivity index (χ0) is 24.9. The van der Waals surface area contributed by atoms with Crippen LogP contribution in [0.4, 0.5) is 10.1 Å². The second-order valence-corrected chi connectivity index (χ2v) is 9.35. The molecule has 192 valence electrons. The van der Waals surface area contributed by atoms with Gasteiger partial charge in [-0.1, -0.05) is 11.6 Å². The molecule has 2 aliphatic heterocycles. The van der Waals surface area contributed by atoms with E-state index < -0.39 is 5.82 Å². The summed E-state index contributed by atoms with van der Waals surface area (Å²) in [6, 6.07) is 8.09. The Kier molecular flexibility index (Phi) is 8.01. The minimum atomic E-state index is -0.435. The van der Waals surface area contributed by atoms with E-state index in [9.17, 15) is 4.39 Å². The van der Waals surface area contributed by atoms with Crippen molar-refractivity contribution in [1.29, 1.82) is 0 Å². The van der Waals surface area contributed by atoms with Crippen LogP contribution in [-0.4, -0.2) is 80.6 Å². The maximum Gasteiger partial charge on any atom is 0.234 e. The molecule has 0 spiro atoms. The molecule has 0 aliphatic carbocycles. The molecule has 3 aromatic rings. The van der Waals surface area contributed by atoms with Gasteiger partial charge in [0.05, 0.1) is 30.4 Å². The number of hydrogen-bond acceptors (Lipinski definition) is 8. The van der Waals surface area contributed by atoms with Gasteiger partial charge in [0.2, 0.25) is 5.88 Å². The number of benzene rings is 2. The normalized spacial score (nSPS) is 17.5. The van der Waals surface area contributed by atoms with Crippen molar-refractivity contribution in [3.05, 3.63) is 47.5 Å². The highest BCUT2D eigenvalue weighted by Crippen LogP contribution is 2.40. The zero-order valence-electron chi connectivity index (χ0n) is 20.3. The Morgan fingerprint density at radius 1 is 1.06 bits per heavy atom. The molecule has 0 N–H and O–H groups in total. The summed E-state index contributed by atoms with van der Waals surface area (Å²) in [5.74, 6) is 0.846. The minimum Gasteiger partial charge on any atom is -0.489 e. The van der Waals surface area contributed by atoms with Crippen LogP contribution >= 0.6 is 11.6 Å². The summed E-state index contributed by atoms with van der Waals surface area (Å²) >= 11 is 6.22. The van der Waals surface area contributed by atoms with Crippen molar-refractivity contribution < 1.29 is 23.3 Å². The minimum absolute atomic E-state index is 0.0190. The van der Waals surface area contributed by atoms with Crippen LogP contribution in [0.3, 0.4) is 0 Å². The van der Waals surface area contributed by atoms with Gasteiger partial charge in [-0.05, 0) is 24.3 Å². The molecule has 0 unspecified atom stereocenters. The lowest BCUT2D eigenvalue weighted by Crippen LogP contribution is -2.47. The van der Waals surface area contributed by atoms with Gasteiger partial charge in [0.15, 0.2) is 0 Å². The lowest BCUT2D eigenvalue weighted by molar-refractivity contribution is 0.0261. The molecule has 0 amide bonds. The Morgan fingerprint density at radius 3 is 2.61 bits per heavy atom. The van der Waals surface area contributed by atoms with Crippen LogP contribution in [-0.2, 0) is 9.47 Å². The molecule has 3 heterocycles. The van der Waals surface area contributed by atoms with Gasteiger partial charge in [-0.3, -0.25) is 4.90 Å². The monoisotopic (exact) mass is 516 g/mol. The molecule has 0 radical (unpaired) electrons. The largest absolute Gasteiger partial charge is 0.489 e. The van der Waals surface area contributed by atoms with Gasteiger partial charge in [0.1, 0.15) is 35.1 Å². The third-order valence-corrected chi connectivity index (χ3v) is 6.86. The van der Waals surface area contributed by atoms with Crippen LogP contribution in [0.5, 0.6) is 17.4 Å². The lowest BCUT2D eigenvalue weighted by atomic mass is 10.1. The van der Waals surface area contributed by atoms with Crippen LogP contribution in [0.2, 0.25) is 5.02 Å². The van der Waals surface area contributed by atoms with E-state index >= 15 is 0 Å². The number of halogens is 2. The molecule has 0 saturated carbocycles. The van der Waals surface area contributed by atoms with Gasteiger partial charge in [-0.25, -0.2) is 14.4 Å². The van der Waals surface area contributed by atoms with Crippen LogP contribution in [0.25, 0.3) is 10.9 Å². The third kappa shape index (κ3) is 5.81. The fourth-order valence-electron chi connectivity index (χ4n) is 4.55. The number of nitrogens with zero attached hydrogens (tertiary/aromatic N) is 4. The number of hydrogen-bond donors (Lipinski definition) is 0. The summed E-state index contributed by atoms with van der Waals surface area (Å²) < 4.78 is 36.9. The number of aromatic nitrogens is 2. The summed E-state index contributed by atoms with van der Waals surface area (Å²) in [5.41, 5.74) is 1.75. The molecule has 2 aromatic carbocycles. The summed E-state index contributed by atoms with van der Waals surface area (Å²) in [4.78, 5) is 13.7. The Labute approximate surface area is 214 Å². The summed E-state index contributed by atoms with van der Waals surface area (Å²) in [7, 11) is 1.73. The number of methoxy groups -OCH3 is 1. The highest BCUT2D eigenvalue weighted by atomic mass is 35.5. The molecular weight excluding hydrogens is 487 g/mol. The van der Waals surface area contributed by atoms with E-state index in [2.05, 4.69) is 19.8 Å². The number of rotatable bonds is 8. The topological polar surface area (TPSA) is 69.2 Å². The standard InChI is InChI=1S/C26H30ClFN4O4/c1-33-13-10-31-6-8-32(9-7-31)19-15-22-25(24(16-19)35-20-4-11-34-12-5-20)26(30-17-29-22)36-23-3-2-18(28)14-21(23)27/h2-3,14-17,20H,4-13H2,1H3. The first-order chi connectivity index (χ1) is 17.6. The predicted octanol–water partition coefficient (Wildman–Crippen LogP) is 4.54. The second kappa shape index (κ2) is 11.6. The first kappa shape index (κ1) is 25.0. The first-order valence-corrected chi connectivity index (χ1v) is 12.6. The van der Waals surface area contributed by atoms with Crippen molar-refractivity contribution in [3.63, 3.8) is 0 Å². The van der Waals surface area contributed by atoms with Crippen molar-refractivity contribution in [2.24, 2.45) is 0 Å². The quantitative estimate of drug-likeness (QED) is 0.432. The van der Waals surface area contributed by atoms with E-state index in [4.69, 9.17) is 30.5 Å². The maximum absolute atomic E-state index is 13.6. The van der Waals surface area contributed by atoms with Crippen molar-refractivity contribution in [3.8, 4) is 17.4 Å². The molecule has 2 fully saturated rings. The number of fused-ring (bicyclic) bond motifs is 1. The van der Waals surface area contributed by atoms with Gasteiger partial charge in [-0.15, -0.1) is 0 Å². The van der Waals surface area contributed by atoms with E-state index in [-0.39, 0.29) is 11.1 Å². The molecule has 1 aromatic heterocycles. The van der Waals surface area contributed by atoms with Crippen LogP contribution in [0.15, 0.2) is 36.7 Å². The van der Waals surface area contributed by atoms with E-state index in [0.717, 1.165) is 57.9 Å². The van der Waals surface area contributed by atoms with Crippen molar-refractivity contribution in [1.82, 2.24) is 14.9 Å². The van der Waals surface area contributed by atoms with Gasteiger partial charge in [0.25, 0.3) is 0 Å². The first-order valence-electron chi connectivity index (χ1n) is 12.2. The average Bonchev–Trinajstić information content (AvgIpc) is 2.90. The van der Waals surface area contributed by atoms with Gasteiger partial charge in [-0.2, -0.15) is 0 Å². The van der Waals surface area contributed by atoms with E-state index in [1.165, 1.54) is 24.5 Å². The molecule has 8 nitrogen and oxygen atoms in total. The highest BCUT2D eigenvalue weighted by Gasteiger charge is 2.23. The maximum atomic E-state index is 13.6. The summed E-state index contributed by atoms with van der Waals surface area (Å²) in [6.45, 7) is 6.69. The van der Waals surface area contributed by atoms with Gasteiger partial charge in [0, 0.05) is 64.4 Å². The van der Waals surface area contributed by atoms with Crippen molar-refractivity contribution >= 4 is 28.2 Å². The second-order valence-electron chi connectivity index (χ2n) is 8.94. The molecule has 36 heavy (non-hydrogen) atoms. The molecule has 5 rings (SSSR count). The highest BCUT2D eigenvalue weighted by molar-refractivity contribution is 6.32. The number of anilines is 1. The predicted molar refractivity (Wildman–Crippen MR) is 136 cm³/mol. The summed E-state index contributed by atoms with van der Waals surface area (Å²) in [6.07, 6.45) is 3.08. The molecule has 0 bridgehead atoms. The van der Waals surface area contributed by atoms with Crippen molar-refractivity contribution in [2.75, 3.05) is 64.6 Å². The number of piperazine rings is 1. The summed E-state index contributed by atoms with van der Waals surface area (Å²) in [5, 5.41) is 0.823. The zero-order valence-corrected chi connectivity index (χ0v) is 21.0. The van der Waals surface area contributed by atoms with E-state index in [0.29, 0.717) is 41.5 Å². The fraction of sp³-hybridized carbons (Fsp3) is 0.462. The Balaban J connectivity index is 1.48.